The van der Waals surface area contributed by atoms with E-state index in [2.05, 4.69) is 4.90 Å². The summed E-state index contributed by atoms with van der Waals surface area (Å²) >= 11 is 0. The number of carbonyl (C=O) groups is 3. The fourth-order valence-electron chi connectivity index (χ4n) is 8.20. The first-order valence-electron chi connectivity index (χ1n) is 10.8. The Bertz CT molecular complexity index is 994. The van der Waals surface area contributed by atoms with Crippen molar-refractivity contribution >= 4 is 23.5 Å². The normalized spacial score (nSPS) is 42.4. The molecule has 1 aromatic rings. The van der Waals surface area contributed by atoms with Crippen LogP contribution in [-0.2, 0) is 24.5 Å². The first-order chi connectivity index (χ1) is 14.5. The molecule has 7 heteroatoms. The minimum absolute atomic E-state index is 0.225. The Hall–Kier alpha value is -2.41. The number of ether oxygens (including phenoxy) is 2. The van der Waals surface area contributed by atoms with Crippen LogP contribution in [0.2, 0.25) is 0 Å². The van der Waals surface area contributed by atoms with Crippen LogP contribution < -0.4 is 4.90 Å². The molecule has 1 aromatic carbocycles. The molecule has 30 heavy (non-hydrogen) atoms. The van der Waals surface area contributed by atoms with Crippen LogP contribution in [0.1, 0.15) is 37.7 Å². The summed E-state index contributed by atoms with van der Waals surface area (Å²) in [6.07, 6.45) is 3.17. The van der Waals surface area contributed by atoms with E-state index in [9.17, 15) is 14.4 Å². The maximum Gasteiger partial charge on any atom is 0.414 e. The van der Waals surface area contributed by atoms with Crippen LogP contribution in [-0.4, -0.2) is 61.6 Å². The van der Waals surface area contributed by atoms with E-state index in [-0.39, 0.29) is 17.8 Å². The number of amides is 1. The van der Waals surface area contributed by atoms with Crippen LogP contribution in [0, 0.1) is 11.3 Å². The van der Waals surface area contributed by atoms with Gasteiger partial charge in [0.25, 0.3) is 0 Å². The van der Waals surface area contributed by atoms with Crippen LogP contribution in [0.25, 0.3) is 0 Å². The number of Topliss-reactive ketones (excluding diaryl/α,β-unsaturated/α-hetero) is 1. The topological polar surface area (TPSA) is 76.2 Å². The Morgan fingerprint density at radius 1 is 1.03 bits per heavy atom. The lowest BCUT2D eigenvalue weighted by Gasteiger charge is -2.67. The second kappa shape index (κ2) is 5.63. The van der Waals surface area contributed by atoms with Gasteiger partial charge in [0, 0.05) is 11.5 Å². The lowest BCUT2D eigenvalue weighted by molar-refractivity contribution is -0.183. The van der Waals surface area contributed by atoms with E-state index in [1.54, 1.807) is 4.90 Å². The number of para-hydroxylation sites is 1. The molecule has 3 saturated heterocycles. The van der Waals surface area contributed by atoms with E-state index >= 15 is 0 Å². The van der Waals surface area contributed by atoms with Crippen molar-refractivity contribution in [3.05, 3.63) is 29.8 Å². The third-order valence-corrected chi connectivity index (χ3v) is 8.98. The van der Waals surface area contributed by atoms with Crippen molar-refractivity contribution < 1.29 is 23.9 Å². The molecule has 6 fully saturated rings. The van der Waals surface area contributed by atoms with Gasteiger partial charge in [-0.1, -0.05) is 18.2 Å². The number of hydrogen-bond donors (Lipinski definition) is 0. The molecule has 7 nitrogen and oxygen atoms in total. The summed E-state index contributed by atoms with van der Waals surface area (Å²) in [4.78, 5) is 45.2. The number of esters is 1. The Kier molecular flexibility index (Phi) is 3.45. The standard InChI is InChI=1S/C23H26N2O5/c1-29-18(26)16-17-21-8-5-12-24(17)13-11-22(19(21)27)14-6-3-4-7-15(14)25(20(28)30-2)23(16,22)10-9-21/h3-4,6-7,16-17H,5,8-13H2,1-2H3/t16-,17+,21-,22-,23-/m0/s1. The molecule has 1 unspecified atom stereocenters. The number of nitrogens with zero attached hydrogens (tertiary/aromatic N) is 2. The van der Waals surface area contributed by atoms with Crippen molar-refractivity contribution in [2.45, 2.75) is 49.1 Å². The summed E-state index contributed by atoms with van der Waals surface area (Å²) in [5.41, 5.74) is -0.845. The largest absolute Gasteiger partial charge is 0.469 e. The number of rotatable bonds is 1. The van der Waals surface area contributed by atoms with Crippen LogP contribution in [0.4, 0.5) is 10.5 Å². The first-order valence-corrected chi connectivity index (χ1v) is 10.8. The fraction of sp³-hybridized carbons (Fsp3) is 0.609. The number of piperidine rings is 1. The molecule has 4 heterocycles. The molecule has 4 aliphatic heterocycles. The third-order valence-electron chi connectivity index (χ3n) is 8.98. The van der Waals surface area contributed by atoms with Crippen LogP contribution in [0.3, 0.4) is 0 Å². The highest BCUT2D eigenvalue weighted by Crippen LogP contribution is 2.73. The average Bonchev–Trinajstić information content (AvgIpc) is 2.93. The van der Waals surface area contributed by atoms with E-state index in [1.165, 1.54) is 14.2 Å². The zero-order valence-corrected chi connectivity index (χ0v) is 17.3. The van der Waals surface area contributed by atoms with Crippen molar-refractivity contribution in [3.63, 3.8) is 0 Å². The number of fused-ring (bicyclic) bond motifs is 3. The van der Waals surface area contributed by atoms with Gasteiger partial charge < -0.3 is 9.47 Å². The number of methoxy groups -OCH3 is 2. The molecular weight excluding hydrogens is 384 g/mol. The number of hydrogen-bond acceptors (Lipinski definition) is 6. The van der Waals surface area contributed by atoms with E-state index in [0.717, 1.165) is 31.5 Å². The Labute approximate surface area is 175 Å². The maximum absolute atomic E-state index is 14.5. The van der Waals surface area contributed by atoms with Gasteiger partial charge in [0.15, 0.2) is 5.78 Å². The molecule has 3 aliphatic carbocycles. The number of anilines is 1. The van der Waals surface area contributed by atoms with Gasteiger partial charge in [0.1, 0.15) is 0 Å². The minimum Gasteiger partial charge on any atom is -0.469 e. The average molecular weight is 410 g/mol. The summed E-state index contributed by atoms with van der Waals surface area (Å²) in [6.45, 7) is 1.62. The highest BCUT2D eigenvalue weighted by atomic mass is 16.5. The van der Waals surface area contributed by atoms with E-state index in [4.69, 9.17) is 9.47 Å². The predicted molar refractivity (Wildman–Crippen MR) is 107 cm³/mol. The summed E-state index contributed by atoms with van der Waals surface area (Å²) in [6, 6.07) is 7.44. The van der Waals surface area contributed by atoms with Gasteiger partial charge in [-0.2, -0.15) is 0 Å². The number of carbonyl (C=O) groups excluding carboxylic acids is 3. The highest BCUT2D eigenvalue weighted by molar-refractivity contribution is 6.10. The second-order valence-electron chi connectivity index (χ2n) is 9.47. The molecule has 3 saturated carbocycles. The monoisotopic (exact) mass is 410 g/mol. The second-order valence-corrected chi connectivity index (χ2v) is 9.47. The van der Waals surface area contributed by atoms with Crippen LogP contribution >= 0.6 is 0 Å². The molecule has 0 radical (unpaired) electrons. The number of ketones is 1. The van der Waals surface area contributed by atoms with Crippen molar-refractivity contribution in [1.82, 2.24) is 4.90 Å². The lowest BCUT2D eigenvalue weighted by atomic mass is 9.38. The van der Waals surface area contributed by atoms with Gasteiger partial charge in [-0.25, -0.2) is 4.79 Å². The predicted octanol–water partition coefficient (Wildman–Crippen LogP) is 2.27. The minimum atomic E-state index is -0.980. The summed E-state index contributed by atoms with van der Waals surface area (Å²) in [5, 5.41) is 0. The van der Waals surface area contributed by atoms with Crippen LogP contribution in [0.15, 0.2) is 24.3 Å². The van der Waals surface area contributed by atoms with Gasteiger partial charge >= 0.3 is 12.1 Å². The van der Waals surface area contributed by atoms with Crippen molar-refractivity contribution in [3.8, 4) is 0 Å². The molecule has 6 atom stereocenters. The molecule has 158 valence electrons. The van der Waals surface area contributed by atoms with Crippen LogP contribution in [0.5, 0.6) is 0 Å². The van der Waals surface area contributed by atoms with Gasteiger partial charge in [-0.15, -0.1) is 0 Å². The van der Waals surface area contributed by atoms with Gasteiger partial charge in [-0.3, -0.25) is 19.4 Å². The highest BCUT2D eigenvalue weighted by Gasteiger charge is 2.84. The molecule has 1 amide bonds. The quantitative estimate of drug-likeness (QED) is 0.661. The zero-order chi connectivity index (χ0) is 20.9. The van der Waals surface area contributed by atoms with E-state index in [1.807, 2.05) is 24.3 Å². The SMILES string of the molecule is COC(=O)[C@@H]1[C@H]2N3CCC[C@]24CC[C@]12N(C(=O)OC)c1ccccc1[C@@]2(CC3)C4=O. The molecule has 3 spiro atoms. The molecule has 0 N–H and O–H groups in total. The first kappa shape index (κ1) is 18.4. The van der Waals surface area contributed by atoms with Gasteiger partial charge in [0.2, 0.25) is 0 Å². The zero-order valence-electron chi connectivity index (χ0n) is 17.3. The molecule has 7 aliphatic rings. The molecule has 0 aromatic heterocycles. The summed E-state index contributed by atoms with van der Waals surface area (Å²) in [7, 11) is 2.77. The van der Waals surface area contributed by atoms with Crippen molar-refractivity contribution in [2.75, 3.05) is 32.2 Å². The number of benzene rings is 1. The Morgan fingerprint density at radius 2 is 1.83 bits per heavy atom. The van der Waals surface area contributed by atoms with E-state index in [0.29, 0.717) is 24.9 Å². The Balaban J connectivity index is 1.74. The summed E-state index contributed by atoms with van der Waals surface area (Å²) < 4.78 is 10.6. The smallest absolute Gasteiger partial charge is 0.414 e. The van der Waals surface area contributed by atoms with Gasteiger partial charge in [0.05, 0.1) is 36.8 Å². The Morgan fingerprint density at radius 3 is 2.60 bits per heavy atom. The molecule has 5 bridgehead atoms. The van der Waals surface area contributed by atoms with Crippen molar-refractivity contribution in [2.24, 2.45) is 11.3 Å². The molecular formula is C23H26N2O5. The van der Waals surface area contributed by atoms with Gasteiger partial charge in [-0.05, 0) is 56.8 Å². The maximum atomic E-state index is 14.5. The third kappa shape index (κ3) is 1.62. The summed E-state index contributed by atoms with van der Waals surface area (Å²) in [5.74, 6) is -0.674. The lowest BCUT2D eigenvalue weighted by Crippen LogP contribution is -2.82. The molecule has 8 rings (SSSR count). The van der Waals surface area contributed by atoms with E-state index < -0.39 is 28.4 Å². The van der Waals surface area contributed by atoms with Crippen molar-refractivity contribution in [1.29, 1.82) is 0 Å². The fourth-order valence-corrected chi connectivity index (χ4v) is 8.20.